The lowest BCUT2D eigenvalue weighted by Gasteiger charge is -1.98. The van der Waals surface area contributed by atoms with Gasteiger partial charge in [0.2, 0.25) is 11.8 Å². The molecule has 0 saturated heterocycles. The molecular formula is C11H11Br2N3O. The molecule has 2 rings (SSSR count). The Balaban J connectivity index is 2.24. The third-order valence-corrected chi connectivity index (χ3v) is 3.02. The van der Waals surface area contributed by atoms with Gasteiger partial charge < -0.3 is 9.73 Å². The predicted molar refractivity (Wildman–Crippen MR) is 72.5 cm³/mol. The molecule has 1 aromatic carbocycles. The first kappa shape index (κ1) is 12.7. The van der Waals surface area contributed by atoms with Crippen LogP contribution in [0, 0.1) is 0 Å². The van der Waals surface area contributed by atoms with E-state index in [4.69, 9.17) is 4.42 Å². The molecule has 2 aromatic rings. The van der Waals surface area contributed by atoms with Crippen LogP contribution in [0.1, 0.15) is 12.8 Å². The molecule has 0 aliphatic rings. The fraction of sp³-hybridized carbons (Fsp3) is 0.273. The van der Waals surface area contributed by atoms with Crippen LogP contribution in [0.3, 0.4) is 0 Å². The molecule has 1 N–H and O–H groups in total. The highest BCUT2D eigenvalue weighted by Gasteiger charge is 2.09. The van der Waals surface area contributed by atoms with E-state index in [1.165, 1.54) is 0 Å². The first-order valence-corrected chi connectivity index (χ1v) is 6.77. The van der Waals surface area contributed by atoms with Crippen molar-refractivity contribution in [2.45, 2.75) is 13.5 Å². The van der Waals surface area contributed by atoms with Gasteiger partial charge in [-0.25, -0.2) is 0 Å². The van der Waals surface area contributed by atoms with Crippen molar-refractivity contribution in [3.05, 3.63) is 33.0 Å². The Labute approximate surface area is 116 Å². The van der Waals surface area contributed by atoms with Crippen LogP contribution in [0.4, 0.5) is 0 Å². The summed E-state index contributed by atoms with van der Waals surface area (Å²) >= 11 is 6.85. The van der Waals surface area contributed by atoms with Gasteiger partial charge in [-0.2, -0.15) is 0 Å². The largest absolute Gasteiger partial charge is 0.419 e. The lowest BCUT2D eigenvalue weighted by atomic mass is 10.2. The number of nitrogens with one attached hydrogen (secondary N) is 1. The number of aromatic nitrogens is 2. The minimum absolute atomic E-state index is 0.528. The highest BCUT2D eigenvalue weighted by molar-refractivity contribution is 9.11. The summed E-state index contributed by atoms with van der Waals surface area (Å²) in [6.07, 6.45) is 0. The van der Waals surface area contributed by atoms with Crippen molar-refractivity contribution in [2.75, 3.05) is 6.54 Å². The average molecular weight is 361 g/mol. The summed E-state index contributed by atoms with van der Waals surface area (Å²) in [5.41, 5.74) is 0.890. The number of halogens is 2. The highest BCUT2D eigenvalue weighted by Crippen LogP contribution is 2.26. The van der Waals surface area contributed by atoms with E-state index in [1.807, 2.05) is 25.1 Å². The molecule has 4 nitrogen and oxygen atoms in total. The van der Waals surface area contributed by atoms with Gasteiger partial charge in [-0.15, -0.1) is 10.2 Å². The monoisotopic (exact) mass is 359 g/mol. The Hall–Kier alpha value is -0.720. The van der Waals surface area contributed by atoms with Gasteiger partial charge in [0.15, 0.2) is 0 Å². The van der Waals surface area contributed by atoms with E-state index in [9.17, 15) is 0 Å². The first-order chi connectivity index (χ1) is 8.19. The summed E-state index contributed by atoms with van der Waals surface area (Å²) in [4.78, 5) is 0. The maximum Gasteiger partial charge on any atom is 0.247 e. The van der Waals surface area contributed by atoms with Gasteiger partial charge in [-0.3, -0.25) is 0 Å². The number of nitrogens with zero attached hydrogens (tertiary/aromatic N) is 2. The van der Waals surface area contributed by atoms with Crippen LogP contribution in [0.25, 0.3) is 11.5 Å². The SMILES string of the molecule is CCNCc1nnc(-c2cc(Br)cc(Br)c2)o1. The van der Waals surface area contributed by atoms with Crippen molar-refractivity contribution >= 4 is 31.9 Å². The van der Waals surface area contributed by atoms with Gasteiger partial charge in [0.05, 0.1) is 6.54 Å². The lowest BCUT2D eigenvalue weighted by Crippen LogP contribution is -2.11. The Kier molecular flexibility index (Phi) is 4.31. The number of rotatable bonds is 4. The second kappa shape index (κ2) is 5.75. The van der Waals surface area contributed by atoms with Crippen LogP contribution in [0.2, 0.25) is 0 Å². The first-order valence-electron chi connectivity index (χ1n) is 5.18. The third kappa shape index (κ3) is 3.37. The molecule has 90 valence electrons. The van der Waals surface area contributed by atoms with Crippen molar-refractivity contribution in [3.63, 3.8) is 0 Å². The van der Waals surface area contributed by atoms with E-state index in [0.717, 1.165) is 21.1 Å². The van der Waals surface area contributed by atoms with E-state index < -0.39 is 0 Å². The molecule has 6 heteroatoms. The van der Waals surface area contributed by atoms with Gasteiger partial charge in [-0.1, -0.05) is 38.8 Å². The molecule has 0 saturated carbocycles. The summed E-state index contributed by atoms with van der Waals surface area (Å²) in [6.45, 7) is 3.50. The van der Waals surface area contributed by atoms with Crippen LogP contribution in [-0.2, 0) is 6.54 Å². The van der Waals surface area contributed by atoms with E-state index in [1.54, 1.807) is 0 Å². The normalized spacial score (nSPS) is 10.8. The van der Waals surface area contributed by atoms with E-state index in [2.05, 4.69) is 47.4 Å². The lowest BCUT2D eigenvalue weighted by molar-refractivity contribution is 0.482. The summed E-state index contributed by atoms with van der Waals surface area (Å²) < 4.78 is 7.49. The van der Waals surface area contributed by atoms with Gasteiger partial charge in [0.1, 0.15) is 0 Å². The Bertz CT molecular complexity index is 493. The zero-order valence-corrected chi connectivity index (χ0v) is 12.4. The second-order valence-electron chi connectivity index (χ2n) is 3.44. The summed E-state index contributed by atoms with van der Waals surface area (Å²) in [7, 11) is 0. The molecule has 17 heavy (non-hydrogen) atoms. The molecule has 0 fully saturated rings. The van der Waals surface area contributed by atoms with E-state index >= 15 is 0 Å². The van der Waals surface area contributed by atoms with Crippen LogP contribution >= 0.6 is 31.9 Å². The summed E-state index contributed by atoms with van der Waals surface area (Å²) in [5, 5.41) is 11.1. The average Bonchev–Trinajstić information content (AvgIpc) is 2.73. The Morgan fingerprint density at radius 1 is 1.18 bits per heavy atom. The van der Waals surface area contributed by atoms with E-state index in [0.29, 0.717) is 18.3 Å². The maximum absolute atomic E-state index is 5.56. The number of hydrogen-bond acceptors (Lipinski definition) is 4. The smallest absolute Gasteiger partial charge is 0.247 e. The molecule has 1 aromatic heterocycles. The zero-order chi connectivity index (χ0) is 12.3. The predicted octanol–water partition coefficient (Wildman–Crippen LogP) is 3.37. The summed E-state index contributed by atoms with van der Waals surface area (Å²) in [5.74, 6) is 1.12. The molecule has 0 bridgehead atoms. The van der Waals surface area contributed by atoms with Crippen LogP contribution in [0.15, 0.2) is 31.6 Å². The van der Waals surface area contributed by atoms with Crippen molar-refractivity contribution in [1.82, 2.24) is 15.5 Å². The van der Waals surface area contributed by atoms with Crippen molar-refractivity contribution in [1.29, 1.82) is 0 Å². The number of benzene rings is 1. The fourth-order valence-electron chi connectivity index (χ4n) is 1.35. The topological polar surface area (TPSA) is 51.0 Å². The molecule has 0 amide bonds. The van der Waals surface area contributed by atoms with Crippen molar-refractivity contribution in [2.24, 2.45) is 0 Å². The van der Waals surface area contributed by atoms with Gasteiger partial charge in [0, 0.05) is 14.5 Å². The quantitative estimate of drug-likeness (QED) is 0.908. The van der Waals surface area contributed by atoms with Crippen molar-refractivity contribution in [3.8, 4) is 11.5 Å². The second-order valence-corrected chi connectivity index (χ2v) is 5.27. The number of hydrogen-bond donors (Lipinski definition) is 1. The molecule has 0 spiro atoms. The Morgan fingerprint density at radius 3 is 2.53 bits per heavy atom. The molecule has 0 aliphatic carbocycles. The van der Waals surface area contributed by atoms with Crippen molar-refractivity contribution < 1.29 is 4.42 Å². The molecule has 0 unspecified atom stereocenters. The fourth-order valence-corrected chi connectivity index (χ4v) is 2.64. The summed E-state index contributed by atoms with van der Waals surface area (Å²) in [6, 6.07) is 5.84. The standard InChI is InChI=1S/C11H11Br2N3O/c1-2-14-6-10-15-16-11(17-10)7-3-8(12)5-9(13)4-7/h3-5,14H,2,6H2,1H3. The maximum atomic E-state index is 5.56. The van der Waals surface area contributed by atoms with Crippen LogP contribution in [-0.4, -0.2) is 16.7 Å². The van der Waals surface area contributed by atoms with Crippen LogP contribution in [0.5, 0.6) is 0 Å². The minimum atomic E-state index is 0.528. The zero-order valence-electron chi connectivity index (χ0n) is 9.20. The van der Waals surface area contributed by atoms with Gasteiger partial charge in [-0.05, 0) is 24.7 Å². The Morgan fingerprint density at radius 2 is 1.88 bits per heavy atom. The molecule has 1 heterocycles. The molecule has 0 radical (unpaired) electrons. The van der Waals surface area contributed by atoms with Crippen LogP contribution < -0.4 is 5.32 Å². The van der Waals surface area contributed by atoms with Gasteiger partial charge >= 0.3 is 0 Å². The highest BCUT2D eigenvalue weighted by atomic mass is 79.9. The molecular weight excluding hydrogens is 350 g/mol. The molecule has 0 atom stereocenters. The third-order valence-electron chi connectivity index (χ3n) is 2.10. The minimum Gasteiger partial charge on any atom is -0.419 e. The van der Waals surface area contributed by atoms with E-state index in [-0.39, 0.29) is 0 Å². The van der Waals surface area contributed by atoms with Gasteiger partial charge in [0.25, 0.3) is 0 Å². The molecule has 0 aliphatic heterocycles.